The summed E-state index contributed by atoms with van der Waals surface area (Å²) in [6.45, 7) is 7.24. The Hall–Kier alpha value is -5.26. The molecule has 0 aromatic rings. The molecule has 0 saturated heterocycles. The van der Waals surface area contributed by atoms with Gasteiger partial charge in [0.15, 0.2) is 6.10 Å². The van der Waals surface area contributed by atoms with E-state index in [9.17, 15) is 9.59 Å². The average molecular weight is 1010 g/mol. The van der Waals surface area contributed by atoms with Crippen LogP contribution >= 0.6 is 0 Å². The number of allylic oxidation sites excluding steroid dienone is 32. The molecule has 5 nitrogen and oxygen atoms in total. The summed E-state index contributed by atoms with van der Waals surface area (Å²) in [6, 6.07) is 0. The van der Waals surface area contributed by atoms with E-state index < -0.39 is 6.10 Å². The second kappa shape index (κ2) is 62.0. The molecular formula is C69H104O5. The van der Waals surface area contributed by atoms with Crippen LogP contribution in [0.15, 0.2) is 194 Å². The topological polar surface area (TPSA) is 61.8 Å². The van der Waals surface area contributed by atoms with E-state index >= 15 is 0 Å². The van der Waals surface area contributed by atoms with Crippen molar-refractivity contribution in [2.45, 2.75) is 207 Å². The first kappa shape index (κ1) is 68.7. The van der Waals surface area contributed by atoms with Crippen LogP contribution in [-0.2, 0) is 23.8 Å². The number of hydrogen-bond acceptors (Lipinski definition) is 5. The summed E-state index contributed by atoms with van der Waals surface area (Å²) in [4.78, 5) is 25.5. The summed E-state index contributed by atoms with van der Waals surface area (Å²) < 4.78 is 17.4. The van der Waals surface area contributed by atoms with Crippen LogP contribution in [0.4, 0.5) is 0 Å². The lowest BCUT2D eigenvalue weighted by atomic mass is 10.1. The molecule has 0 saturated carbocycles. The first-order chi connectivity index (χ1) is 36.6. The summed E-state index contributed by atoms with van der Waals surface area (Å²) in [7, 11) is 0. The maximum atomic E-state index is 12.9. The van der Waals surface area contributed by atoms with E-state index in [1.165, 1.54) is 0 Å². The Morgan fingerprint density at radius 3 is 0.878 bits per heavy atom. The van der Waals surface area contributed by atoms with Crippen LogP contribution in [0.5, 0.6) is 0 Å². The first-order valence-corrected chi connectivity index (χ1v) is 29.0. The highest BCUT2D eigenvalue weighted by atomic mass is 16.6. The van der Waals surface area contributed by atoms with Crippen LogP contribution in [0.2, 0.25) is 0 Å². The third-order valence-corrected chi connectivity index (χ3v) is 11.1. The lowest BCUT2D eigenvalue weighted by Crippen LogP contribution is -2.30. The third kappa shape index (κ3) is 59.3. The van der Waals surface area contributed by atoms with Crippen molar-refractivity contribution < 1.29 is 23.8 Å². The lowest BCUT2D eigenvalue weighted by Gasteiger charge is -2.18. The first-order valence-electron chi connectivity index (χ1n) is 29.0. The van der Waals surface area contributed by atoms with Gasteiger partial charge in [0.05, 0.1) is 6.61 Å². The molecule has 0 radical (unpaired) electrons. The molecule has 0 aromatic carbocycles. The summed E-state index contributed by atoms with van der Waals surface area (Å²) in [6.07, 6.45) is 96.0. The van der Waals surface area contributed by atoms with Crippen molar-refractivity contribution in [3.05, 3.63) is 194 Å². The molecule has 0 aliphatic carbocycles. The van der Waals surface area contributed by atoms with Gasteiger partial charge >= 0.3 is 11.9 Å². The highest BCUT2D eigenvalue weighted by molar-refractivity contribution is 5.70. The smallest absolute Gasteiger partial charge is 0.306 e. The van der Waals surface area contributed by atoms with E-state index in [0.29, 0.717) is 19.4 Å². The zero-order chi connectivity index (χ0) is 53.4. The number of ether oxygens (including phenoxy) is 3. The predicted molar refractivity (Wildman–Crippen MR) is 324 cm³/mol. The predicted octanol–water partition coefficient (Wildman–Crippen LogP) is 20.3. The highest BCUT2D eigenvalue weighted by Gasteiger charge is 2.17. The van der Waals surface area contributed by atoms with Gasteiger partial charge in [-0.15, -0.1) is 0 Å². The van der Waals surface area contributed by atoms with Crippen molar-refractivity contribution in [2.75, 3.05) is 19.8 Å². The van der Waals surface area contributed by atoms with Crippen LogP contribution in [0, 0.1) is 0 Å². The molecule has 0 aromatic heterocycles. The SMILES string of the molecule is CC/C=C\C/C=C\C/C=C\C/C=C\C/C=C\C/C=C\CCCOCC(COC(=O)CCCCC/C=C\C/C=C\C/C=C\C/C=C\C/C=C\CC)OC(=O)CCCCC/C=C\C/C=C\C/C=C\C/C=C\C/C=C\CC. The maximum Gasteiger partial charge on any atom is 0.306 e. The molecule has 0 aliphatic rings. The van der Waals surface area contributed by atoms with Gasteiger partial charge in [0, 0.05) is 19.4 Å². The Bertz CT molecular complexity index is 1760. The van der Waals surface area contributed by atoms with Gasteiger partial charge < -0.3 is 14.2 Å². The molecule has 0 rings (SSSR count). The van der Waals surface area contributed by atoms with Gasteiger partial charge in [-0.2, -0.15) is 0 Å². The summed E-state index contributed by atoms with van der Waals surface area (Å²) in [5, 5.41) is 0. The second-order valence-corrected chi connectivity index (χ2v) is 18.0. The van der Waals surface area contributed by atoms with Crippen molar-refractivity contribution in [3.8, 4) is 0 Å². The molecule has 0 N–H and O–H groups in total. The number of carbonyl (C=O) groups excluding carboxylic acids is 2. The molecule has 0 aliphatic heterocycles. The Balaban J connectivity index is 4.57. The molecule has 0 heterocycles. The van der Waals surface area contributed by atoms with Crippen molar-refractivity contribution in [1.82, 2.24) is 0 Å². The van der Waals surface area contributed by atoms with Gasteiger partial charge in [-0.1, -0.05) is 228 Å². The van der Waals surface area contributed by atoms with Crippen LogP contribution in [0.1, 0.15) is 201 Å². The molecule has 1 atom stereocenters. The summed E-state index contributed by atoms with van der Waals surface area (Å²) in [5.41, 5.74) is 0. The number of rotatable bonds is 50. The molecular weight excluding hydrogens is 909 g/mol. The van der Waals surface area contributed by atoms with Gasteiger partial charge in [0.2, 0.25) is 0 Å². The molecule has 0 fully saturated rings. The molecule has 5 heteroatoms. The number of esters is 2. The van der Waals surface area contributed by atoms with Crippen molar-refractivity contribution in [1.29, 1.82) is 0 Å². The average Bonchev–Trinajstić information content (AvgIpc) is 3.40. The minimum absolute atomic E-state index is 0.0157. The van der Waals surface area contributed by atoms with Crippen LogP contribution < -0.4 is 0 Å². The van der Waals surface area contributed by atoms with Gasteiger partial charge in [0.25, 0.3) is 0 Å². The van der Waals surface area contributed by atoms with Crippen molar-refractivity contribution in [2.24, 2.45) is 0 Å². The van der Waals surface area contributed by atoms with E-state index in [0.717, 1.165) is 167 Å². The maximum absolute atomic E-state index is 12.9. The summed E-state index contributed by atoms with van der Waals surface area (Å²) >= 11 is 0. The van der Waals surface area contributed by atoms with Crippen LogP contribution in [-0.4, -0.2) is 37.9 Å². The normalized spacial score (nSPS) is 13.7. The molecule has 0 bridgehead atoms. The lowest BCUT2D eigenvalue weighted by molar-refractivity contribution is -0.163. The Morgan fingerprint density at radius 1 is 0.297 bits per heavy atom. The highest BCUT2D eigenvalue weighted by Crippen LogP contribution is 2.10. The fourth-order valence-corrected chi connectivity index (χ4v) is 6.93. The number of hydrogen-bond donors (Lipinski definition) is 0. The third-order valence-electron chi connectivity index (χ3n) is 11.1. The van der Waals surface area contributed by atoms with E-state index in [4.69, 9.17) is 14.2 Å². The Kier molecular flexibility index (Phi) is 57.6. The van der Waals surface area contributed by atoms with Gasteiger partial charge in [-0.3, -0.25) is 9.59 Å². The zero-order valence-electron chi connectivity index (χ0n) is 47.0. The van der Waals surface area contributed by atoms with Gasteiger partial charge in [-0.05, 0) is 154 Å². The second-order valence-electron chi connectivity index (χ2n) is 18.0. The van der Waals surface area contributed by atoms with E-state index in [1.807, 2.05) is 0 Å². The van der Waals surface area contributed by atoms with Crippen molar-refractivity contribution in [3.63, 3.8) is 0 Å². The molecule has 410 valence electrons. The quantitative estimate of drug-likeness (QED) is 0.0345. The van der Waals surface area contributed by atoms with Gasteiger partial charge in [-0.25, -0.2) is 0 Å². The van der Waals surface area contributed by atoms with Crippen LogP contribution in [0.25, 0.3) is 0 Å². The molecule has 1 unspecified atom stereocenters. The fraction of sp³-hybridized carbons (Fsp3) is 0.507. The zero-order valence-corrected chi connectivity index (χ0v) is 47.0. The fourth-order valence-electron chi connectivity index (χ4n) is 6.93. The largest absolute Gasteiger partial charge is 0.462 e. The van der Waals surface area contributed by atoms with E-state index in [1.54, 1.807) is 0 Å². The number of carbonyl (C=O) groups is 2. The Labute approximate surface area is 454 Å². The molecule has 0 spiro atoms. The monoisotopic (exact) mass is 1010 g/mol. The minimum Gasteiger partial charge on any atom is -0.462 e. The van der Waals surface area contributed by atoms with Crippen molar-refractivity contribution >= 4 is 11.9 Å². The standard InChI is InChI=1S/C69H104O5/c1-4-7-10-13-16-19-22-25-28-31-34-37-40-43-46-49-52-55-58-61-64-72-65-67(74-69(71)63-60-57-54-51-48-45-42-39-36-33-30-27-24-21-18-15-12-9-6-3)66-73-68(70)62-59-56-53-50-47-44-41-38-35-32-29-26-23-20-17-14-11-8-5-2/h7-12,16-21,25-30,34-39,43-48,52,55,67H,4-6,13-15,22-24,31-33,40-42,49-51,53-54,56-66H2,1-3H3/b10-7-,11-8-,12-9-,19-16-,20-17-,21-18-,28-25-,29-26-,30-27-,37-34-,38-35-,39-36-,46-43-,47-44-,48-45-,55-52-. The number of unbranched alkanes of at least 4 members (excludes halogenated alkanes) is 7. The van der Waals surface area contributed by atoms with E-state index in [2.05, 4.69) is 215 Å². The van der Waals surface area contributed by atoms with Crippen LogP contribution in [0.3, 0.4) is 0 Å². The van der Waals surface area contributed by atoms with Gasteiger partial charge in [0.1, 0.15) is 6.61 Å². The molecule has 0 amide bonds. The minimum atomic E-state index is -0.617. The summed E-state index contributed by atoms with van der Waals surface area (Å²) in [5.74, 6) is -0.522. The Morgan fingerprint density at radius 2 is 0.568 bits per heavy atom. The van der Waals surface area contributed by atoms with E-state index in [-0.39, 0.29) is 25.2 Å². The molecule has 74 heavy (non-hydrogen) atoms.